The molecule has 0 bridgehead atoms. The Hall–Kier alpha value is -3.06. The molecule has 2 aromatic carbocycles. The van der Waals surface area contributed by atoms with Crippen LogP contribution in [0.25, 0.3) is 0 Å². The number of anilines is 1. The predicted molar refractivity (Wildman–Crippen MR) is 92.4 cm³/mol. The molecular formula is C19H18N2O5. The minimum atomic E-state index is -0.522. The second-order valence-corrected chi connectivity index (χ2v) is 5.88. The highest BCUT2D eigenvalue weighted by atomic mass is 16.7. The summed E-state index contributed by atoms with van der Waals surface area (Å²) in [4.78, 5) is 32.3. The van der Waals surface area contributed by atoms with Gasteiger partial charge in [-0.1, -0.05) is 30.3 Å². The van der Waals surface area contributed by atoms with E-state index in [0.717, 1.165) is 11.3 Å². The van der Waals surface area contributed by atoms with E-state index in [1.807, 2.05) is 41.3 Å². The van der Waals surface area contributed by atoms with Gasteiger partial charge in [-0.2, -0.15) is 5.06 Å². The first kappa shape index (κ1) is 16.4. The summed E-state index contributed by atoms with van der Waals surface area (Å²) in [6.45, 7) is 1.90. The Balaban J connectivity index is 1.74. The van der Waals surface area contributed by atoms with E-state index in [9.17, 15) is 9.59 Å². The van der Waals surface area contributed by atoms with E-state index < -0.39 is 12.1 Å². The van der Waals surface area contributed by atoms with Crippen molar-refractivity contribution in [2.75, 3.05) is 24.8 Å². The number of hydrogen-bond acceptors (Lipinski definition) is 6. The number of hydroxylamine groups is 2. The molecule has 0 N–H and O–H groups in total. The van der Waals surface area contributed by atoms with Crippen LogP contribution in [0.5, 0.6) is 5.75 Å². The second kappa shape index (κ2) is 6.68. The predicted octanol–water partition coefficient (Wildman–Crippen LogP) is 2.49. The Morgan fingerprint density at radius 3 is 2.81 bits per heavy atom. The molecule has 0 saturated heterocycles. The summed E-state index contributed by atoms with van der Waals surface area (Å²) in [5.74, 6) is -0.139. The van der Waals surface area contributed by atoms with Crippen LogP contribution in [0.15, 0.2) is 48.5 Å². The maximum Gasteiger partial charge on any atom is 0.334 e. The first-order chi connectivity index (χ1) is 12.7. The fraction of sp³-hybridized carbons (Fsp3) is 0.263. The lowest BCUT2D eigenvalue weighted by atomic mass is 10.0. The number of para-hydroxylation sites is 2. The van der Waals surface area contributed by atoms with Crippen molar-refractivity contribution in [3.63, 3.8) is 0 Å². The van der Waals surface area contributed by atoms with Gasteiger partial charge in [0, 0.05) is 5.56 Å². The van der Waals surface area contributed by atoms with Crippen molar-refractivity contribution in [1.29, 1.82) is 0 Å². The summed E-state index contributed by atoms with van der Waals surface area (Å²) in [6.07, 6.45) is -0.517. The van der Waals surface area contributed by atoms with Gasteiger partial charge in [0.25, 0.3) is 5.91 Å². The van der Waals surface area contributed by atoms with Crippen molar-refractivity contribution < 1.29 is 23.9 Å². The van der Waals surface area contributed by atoms with Crippen molar-refractivity contribution in [3.05, 3.63) is 59.7 Å². The van der Waals surface area contributed by atoms with E-state index in [-0.39, 0.29) is 25.9 Å². The number of carbonyl (C=O) groups excluding carboxylic acids is 2. The van der Waals surface area contributed by atoms with Gasteiger partial charge in [0.15, 0.2) is 19.5 Å². The lowest BCUT2D eigenvalue weighted by Crippen LogP contribution is -2.52. The molecule has 2 aromatic rings. The number of fused-ring (bicyclic) bond motifs is 5. The SMILES string of the molecule is CCOC(=O)CON1C(=O)c2ccccc2N2COc3ccccc3C12. The fourth-order valence-electron chi connectivity index (χ4n) is 3.25. The number of ether oxygens (including phenoxy) is 2. The maximum absolute atomic E-state index is 13.0. The third-order valence-corrected chi connectivity index (χ3v) is 4.34. The summed E-state index contributed by atoms with van der Waals surface area (Å²) >= 11 is 0. The van der Waals surface area contributed by atoms with Crippen molar-refractivity contribution in [2.24, 2.45) is 0 Å². The Kier molecular flexibility index (Phi) is 4.22. The van der Waals surface area contributed by atoms with E-state index in [1.165, 1.54) is 5.06 Å². The summed E-state index contributed by atoms with van der Waals surface area (Å²) < 4.78 is 10.7. The molecule has 2 aliphatic rings. The molecule has 2 aliphatic heterocycles. The highest BCUT2D eigenvalue weighted by molar-refractivity contribution is 6.01. The van der Waals surface area contributed by atoms with Gasteiger partial charge in [0.05, 0.1) is 17.9 Å². The highest BCUT2D eigenvalue weighted by Gasteiger charge is 2.43. The van der Waals surface area contributed by atoms with E-state index >= 15 is 0 Å². The lowest BCUT2D eigenvalue weighted by molar-refractivity contribution is -0.182. The Labute approximate surface area is 150 Å². The van der Waals surface area contributed by atoms with Crippen LogP contribution in [0.2, 0.25) is 0 Å². The largest absolute Gasteiger partial charge is 0.473 e. The number of amides is 1. The average Bonchev–Trinajstić information content (AvgIpc) is 2.68. The van der Waals surface area contributed by atoms with E-state index in [2.05, 4.69) is 0 Å². The first-order valence-corrected chi connectivity index (χ1v) is 8.40. The number of nitrogens with zero attached hydrogens (tertiary/aromatic N) is 2. The van der Waals surface area contributed by atoms with Crippen LogP contribution in [0, 0.1) is 0 Å². The lowest BCUT2D eigenvalue weighted by Gasteiger charge is -2.46. The number of hydrogen-bond donors (Lipinski definition) is 0. The third kappa shape index (κ3) is 2.66. The van der Waals surface area contributed by atoms with E-state index in [4.69, 9.17) is 14.3 Å². The summed E-state index contributed by atoms with van der Waals surface area (Å²) in [6, 6.07) is 14.7. The summed E-state index contributed by atoms with van der Waals surface area (Å²) in [5, 5.41) is 1.24. The van der Waals surface area contributed by atoms with Gasteiger partial charge < -0.3 is 14.4 Å². The van der Waals surface area contributed by atoms with Crippen LogP contribution in [0.3, 0.4) is 0 Å². The minimum Gasteiger partial charge on any atom is -0.473 e. The van der Waals surface area contributed by atoms with Gasteiger partial charge in [0.1, 0.15) is 5.75 Å². The Morgan fingerprint density at radius 1 is 1.19 bits per heavy atom. The molecule has 0 saturated carbocycles. The molecule has 1 atom stereocenters. The molecule has 4 rings (SSSR count). The third-order valence-electron chi connectivity index (χ3n) is 4.34. The topological polar surface area (TPSA) is 68.3 Å². The Bertz CT molecular complexity index is 853. The van der Waals surface area contributed by atoms with Crippen molar-refractivity contribution in [3.8, 4) is 5.75 Å². The van der Waals surface area contributed by atoms with Crippen LogP contribution in [-0.4, -0.2) is 36.9 Å². The van der Waals surface area contributed by atoms with E-state index in [0.29, 0.717) is 11.3 Å². The summed E-state index contributed by atoms with van der Waals surface area (Å²) in [7, 11) is 0. The molecule has 0 radical (unpaired) electrons. The van der Waals surface area contributed by atoms with Crippen molar-refractivity contribution in [2.45, 2.75) is 13.1 Å². The van der Waals surface area contributed by atoms with Crippen LogP contribution in [0.4, 0.5) is 5.69 Å². The molecule has 2 heterocycles. The van der Waals surface area contributed by atoms with Crippen molar-refractivity contribution >= 4 is 17.6 Å². The van der Waals surface area contributed by atoms with Crippen LogP contribution in [-0.2, 0) is 14.4 Å². The number of carbonyl (C=O) groups is 2. The quantitative estimate of drug-likeness (QED) is 0.786. The van der Waals surface area contributed by atoms with Gasteiger partial charge in [-0.15, -0.1) is 0 Å². The van der Waals surface area contributed by atoms with Gasteiger partial charge in [-0.3, -0.25) is 9.63 Å². The van der Waals surface area contributed by atoms with Crippen LogP contribution in [0.1, 0.15) is 29.0 Å². The molecule has 26 heavy (non-hydrogen) atoms. The maximum atomic E-state index is 13.0. The normalized spacial score (nSPS) is 17.7. The smallest absolute Gasteiger partial charge is 0.334 e. The molecule has 0 aromatic heterocycles. The second-order valence-electron chi connectivity index (χ2n) is 5.88. The monoisotopic (exact) mass is 354 g/mol. The van der Waals surface area contributed by atoms with Crippen LogP contribution < -0.4 is 9.64 Å². The molecule has 1 amide bonds. The number of benzene rings is 2. The molecule has 1 unspecified atom stereocenters. The molecule has 0 aliphatic carbocycles. The fourth-order valence-corrected chi connectivity index (χ4v) is 3.25. The Morgan fingerprint density at radius 2 is 1.96 bits per heavy atom. The zero-order valence-corrected chi connectivity index (χ0v) is 14.3. The number of esters is 1. The molecule has 7 nitrogen and oxygen atoms in total. The molecule has 7 heteroatoms. The van der Waals surface area contributed by atoms with Crippen LogP contribution >= 0.6 is 0 Å². The van der Waals surface area contributed by atoms with E-state index in [1.54, 1.807) is 19.1 Å². The van der Waals surface area contributed by atoms with Gasteiger partial charge >= 0.3 is 5.97 Å². The summed E-state index contributed by atoms with van der Waals surface area (Å²) in [5.41, 5.74) is 2.06. The standard InChI is InChI=1S/C19H18N2O5/c1-2-24-17(22)11-26-21-18-14-8-4-6-10-16(14)25-12-20(18)15-9-5-3-7-13(15)19(21)23/h3-10,18H,2,11-12H2,1H3. The minimum absolute atomic E-state index is 0.255. The van der Waals surface area contributed by atoms with Gasteiger partial charge in [0.2, 0.25) is 0 Å². The first-order valence-electron chi connectivity index (χ1n) is 8.40. The van der Waals surface area contributed by atoms with Gasteiger partial charge in [-0.25, -0.2) is 4.79 Å². The van der Waals surface area contributed by atoms with Gasteiger partial charge in [-0.05, 0) is 25.1 Å². The molecule has 0 spiro atoms. The number of rotatable bonds is 4. The zero-order chi connectivity index (χ0) is 18.1. The molecule has 134 valence electrons. The zero-order valence-electron chi connectivity index (χ0n) is 14.3. The van der Waals surface area contributed by atoms with Crippen molar-refractivity contribution in [1.82, 2.24) is 5.06 Å². The molecule has 0 fully saturated rings. The molecular weight excluding hydrogens is 336 g/mol. The highest BCUT2D eigenvalue weighted by Crippen LogP contribution is 2.44. The average molecular weight is 354 g/mol.